The van der Waals surface area contributed by atoms with Crippen LogP contribution in [0.25, 0.3) is 0 Å². The predicted octanol–water partition coefficient (Wildman–Crippen LogP) is 5.12. The Hall–Kier alpha value is -2.03. The third-order valence-electron chi connectivity index (χ3n) is 5.77. The van der Waals surface area contributed by atoms with Crippen LogP contribution in [0.4, 0.5) is 9.59 Å². The Bertz CT molecular complexity index is 628. The monoisotopic (exact) mass is 499 g/mol. The number of carboxylic acid groups (broad SMARTS) is 1. The summed E-state index contributed by atoms with van der Waals surface area (Å²) in [4.78, 5) is 34.1. The van der Waals surface area contributed by atoms with Gasteiger partial charge in [-0.15, -0.1) is 0 Å². The first kappa shape index (κ1) is 31.0. The number of carbonyl (C=O) groups is 3. The summed E-state index contributed by atoms with van der Waals surface area (Å²) >= 11 is 0. The van der Waals surface area contributed by atoms with E-state index in [1.807, 2.05) is 0 Å². The molecule has 2 fully saturated rings. The van der Waals surface area contributed by atoms with E-state index in [1.165, 1.54) is 64.2 Å². The van der Waals surface area contributed by atoms with Gasteiger partial charge in [0.15, 0.2) is 0 Å². The Balaban J connectivity index is 0.000000394. The van der Waals surface area contributed by atoms with Crippen molar-refractivity contribution in [3.05, 3.63) is 0 Å². The number of hydrogen-bond acceptors (Lipinski definition) is 6. The number of alkyl carbamates (subject to hydrolysis) is 2. The van der Waals surface area contributed by atoms with Crippen LogP contribution in [-0.4, -0.2) is 59.1 Å². The zero-order valence-corrected chi connectivity index (χ0v) is 22.7. The standard InChI is InChI=1S/C14H26N2O6.C12H23N/c1-13(2,3)21-11(19)15-8-7-9(10(17)18)16-12(20)22-14(4,5)6;1-3-7-11(8-4-1)13-12-9-5-2-6-10-12/h9H,7-8H2,1-6H3,(H,15,19)(H,16,20)(H,17,18);11-13H,1-10H2/t9-;/m1./s1. The molecule has 9 nitrogen and oxygen atoms in total. The highest BCUT2D eigenvalue weighted by Gasteiger charge is 2.24. The lowest BCUT2D eigenvalue weighted by molar-refractivity contribution is -0.139. The maximum atomic E-state index is 11.5. The van der Waals surface area contributed by atoms with Crippen molar-refractivity contribution >= 4 is 18.2 Å². The largest absolute Gasteiger partial charge is 0.480 e. The van der Waals surface area contributed by atoms with Crippen LogP contribution in [0.2, 0.25) is 0 Å². The number of hydrogen-bond donors (Lipinski definition) is 4. The molecule has 204 valence electrons. The van der Waals surface area contributed by atoms with Crippen molar-refractivity contribution in [3.8, 4) is 0 Å². The SMILES string of the molecule is C1CCC(NC2CCCCC2)CC1.CC(C)(C)OC(=O)NCC[C@@H](NC(=O)OC(C)(C)C)C(=O)O. The van der Waals surface area contributed by atoms with Gasteiger partial charge in [-0.3, -0.25) is 0 Å². The van der Waals surface area contributed by atoms with Gasteiger partial charge in [-0.25, -0.2) is 14.4 Å². The average Bonchev–Trinajstić information content (AvgIpc) is 2.72. The maximum absolute atomic E-state index is 11.5. The number of ether oxygens (including phenoxy) is 2. The highest BCUT2D eigenvalue weighted by Crippen LogP contribution is 2.22. The molecule has 0 radical (unpaired) electrons. The number of rotatable bonds is 7. The number of carboxylic acids is 1. The quantitative estimate of drug-likeness (QED) is 0.383. The highest BCUT2D eigenvalue weighted by molar-refractivity contribution is 5.80. The first-order valence-electron chi connectivity index (χ1n) is 13.2. The number of aliphatic carboxylic acids is 1. The van der Waals surface area contributed by atoms with Crippen LogP contribution >= 0.6 is 0 Å². The molecule has 0 heterocycles. The van der Waals surface area contributed by atoms with Crippen LogP contribution in [0.1, 0.15) is 112 Å². The minimum atomic E-state index is -1.21. The van der Waals surface area contributed by atoms with Gasteiger partial charge in [0.25, 0.3) is 0 Å². The minimum absolute atomic E-state index is 0.00776. The first-order chi connectivity index (χ1) is 16.2. The lowest BCUT2D eigenvalue weighted by Crippen LogP contribution is -2.45. The topological polar surface area (TPSA) is 126 Å². The van der Waals surface area contributed by atoms with Crippen LogP contribution in [-0.2, 0) is 14.3 Å². The van der Waals surface area contributed by atoms with Gasteiger partial charge in [-0.1, -0.05) is 38.5 Å². The normalized spacial score (nSPS) is 18.5. The molecule has 2 saturated carbocycles. The second kappa shape index (κ2) is 15.2. The van der Waals surface area contributed by atoms with Gasteiger partial charge in [0.05, 0.1) is 0 Å². The molecular weight excluding hydrogens is 450 g/mol. The fraction of sp³-hybridized carbons (Fsp3) is 0.885. The zero-order chi connectivity index (χ0) is 26.5. The fourth-order valence-electron chi connectivity index (χ4n) is 4.21. The summed E-state index contributed by atoms with van der Waals surface area (Å²) in [7, 11) is 0. The smallest absolute Gasteiger partial charge is 0.408 e. The molecule has 1 atom stereocenters. The summed E-state index contributed by atoms with van der Waals surface area (Å²) in [6.45, 7) is 10.2. The van der Waals surface area contributed by atoms with E-state index in [0.717, 1.165) is 12.1 Å². The van der Waals surface area contributed by atoms with Crippen molar-refractivity contribution < 1.29 is 29.0 Å². The fourth-order valence-corrected chi connectivity index (χ4v) is 4.21. The van der Waals surface area contributed by atoms with E-state index in [1.54, 1.807) is 41.5 Å². The summed E-state index contributed by atoms with van der Waals surface area (Å²) in [5.41, 5.74) is -1.35. The molecule has 0 aromatic heterocycles. The van der Waals surface area contributed by atoms with Crippen LogP contribution in [0, 0.1) is 0 Å². The van der Waals surface area contributed by atoms with Gasteiger partial charge in [0, 0.05) is 18.6 Å². The van der Waals surface area contributed by atoms with E-state index in [9.17, 15) is 14.4 Å². The summed E-state index contributed by atoms with van der Waals surface area (Å²) in [5, 5.41) is 17.6. The lowest BCUT2D eigenvalue weighted by atomic mass is 9.91. The molecule has 9 heteroatoms. The number of nitrogens with one attached hydrogen (secondary N) is 3. The van der Waals surface area contributed by atoms with Crippen molar-refractivity contribution in [2.45, 2.75) is 141 Å². The third kappa shape index (κ3) is 16.3. The van der Waals surface area contributed by atoms with Crippen LogP contribution in [0.15, 0.2) is 0 Å². The third-order valence-corrected chi connectivity index (χ3v) is 5.77. The molecule has 0 saturated heterocycles. The summed E-state index contributed by atoms with van der Waals surface area (Å²) in [5.74, 6) is -1.21. The maximum Gasteiger partial charge on any atom is 0.408 e. The lowest BCUT2D eigenvalue weighted by Gasteiger charge is -2.30. The van der Waals surface area contributed by atoms with Crippen LogP contribution in [0.3, 0.4) is 0 Å². The average molecular weight is 500 g/mol. The molecule has 2 aliphatic carbocycles. The summed E-state index contributed by atoms with van der Waals surface area (Å²) in [6, 6.07) is 0.582. The molecular formula is C26H49N3O6. The molecule has 0 aromatic carbocycles. The van der Waals surface area contributed by atoms with Gasteiger partial charge in [-0.2, -0.15) is 0 Å². The Kier molecular flexibility index (Phi) is 13.4. The van der Waals surface area contributed by atoms with Crippen molar-refractivity contribution in [1.82, 2.24) is 16.0 Å². The molecule has 35 heavy (non-hydrogen) atoms. The molecule has 2 rings (SSSR count). The van der Waals surface area contributed by atoms with Gasteiger partial charge < -0.3 is 30.5 Å². The van der Waals surface area contributed by atoms with Crippen molar-refractivity contribution in [2.24, 2.45) is 0 Å². The number of carbonyl (C=O) groups excluding carboxylic acids is 2. The van der Waals surface area contributed by atoms with Crippen molar-refractivity contribution in [2.75, 3.05) is 6.54 Å². The molecule has 4 N–H and O–H groups in total. The molecule has 0 spiro atoms. The van der Waals surface area contributed by atoms with Gasteiger partial charge in [0.2, 0.25) is 0 Å². The predicted molar refractivity (Wildman–Crippen MR) is 137 cm³/mol. The van der Waals surface area contributed by atoms with E-state index >= 15 is 0 Å². The molecule has 0 bridgehead atoms. The van der Waals surface area contributed by atoms with Crippen molar-refractivity contribution in [3.63, 3.8) is 0 Å². The van der Waals surface area contributed by atoms with Crippen LogP contribution < -0.4 is 16.0 Å². The zero-order valence-electron chi connectivity index (χ0n) is 22.7. The second-order valence-corrected chi connectivity index (χ2v) is 11.6. The van der Waals surface area contributed by atoms with Gasteiger partial charge in [0.1, 0.15) is 17.2 Å². The molecule has 0 aliphatic heterocycles. The Labute approximate surface area is 211 Å². The Morgan fingerprint density at radius 3 is 1.60 bits per heavy atom. The van der Waals surface area contributed by atoms with Crippen molar-refractivity contribution in [1.29, 1.82) is 0 Å². The first-order valence-corrected chi connectivity index (χ1v) is 13.2. The Morgan fingerprint density at radius 2 is 1.20 bits per heavy atom. The number of amides is 2. The highest BCUT2D eigenvalue weighted by atomic mass is 16.6. The van der Waals surface area contributed by atoms with Gasteiger partial charge >= 0.3 is 18.2 Å². The molecule has 2 amide bonds. The van der Waals surface area contributed by atoms with E-state index in [-0.39, 0.29) is 13.0 Å². The van der Waals surface area contributed by atoms with E-state index in [2.05, 4.69) is 16.0 Å². The molecule has 2 aliphatic rings. The molecule has 0 aromatic rings. The van der Waals surface area contributed by atoms with Gasteiger partial charge in [-0.05, 0) is 73.6 Å². The Morgan fingerprint density at radius 1 is 0.771 bits per heavy atom. The minimum Gasteiger partial charge on any atom is -0.480 e. The summed E-state index contributed by atoms with van der Waals surface area (Å²) in [6.07, 6.45) is 13.1. The van der Waals surface area contributed by atoms with Crippen LogP contribution in [0.5, 0.6) is 0 Å². The molecule has 0 unspecified atom stereocenters. The van der Waals surface area contributed by atoms with E-state index in [4.69, 9.17) is 14.6 Å². The van der Waals surface area contributed by atoms with E-state index < -0.39 is 35.4 Å². The summed E-state index contributed by atoms with van der Waals surface area (Å²) < 4.78 is 10.0. The second-order valence-electron chi connectivity index (χ2n) is 11.6. The van der Waals surface area contributed by atoms with E-state index in [0.29, 0.717) is 0 Å².